The van der Waals surface area contributed by atoms with Gasteiger partial charge in [-0.25, -0.2) is 0 Å². The summed E-state index contributed by atoms with van der Waals surface area (Å²) in [5, 5.41) is 32.7. The summed E-state index contributed by atoms with van der Waals surface area (Å²) in [5.41, 5.74) is 0.467. The number of nitro groups is 1. The van der Waals surface area contributed by atoms with Gasteiger partial charge in [0.15, 0.2) is 0 Å². The topological polar surface area (TPSA) is 99.2 Å². The van der Waals surface area contributed by atoms with E-state index in [-0.39, 0.29) is 17.7 Å². The number of nitriles is 1. The molecule has 0 spiro atoms. The smallest absolute Gasteiger partial charge is 0.292 e. The van der Waals surface area contributed by atoms with Crippen LogP contribution in [0.25, 0.3) is 0 Å². The van der Waals surface area contributed by atoms with Gasteiger partial charge in [0.2, 0.25) is 0 Å². The average molecular weight is 289 g/mol. The van der Waals surface area contributed by atoms with Crippen molar-refractivity contribution in [1.82, 2.24) is 0 Å². The van der Waals surface area contributed by atoms with Crippen LogP contribution in [0.15, 0.2) is 18.2 Å². The zero-order valence-corrected chi connectivity index (χ0v) is 11.8. The summed E-state index contributed by atoms with van der Waals surface area (Å²) in [7, 11) is 0. The standard InChI is InChI=1S/C15H19N3O3/c16-9-12-4-5-14(18(20)21)13(8-12)17-10-15(11-19)6-2-1-3-7-15/h4-5,8,17,19H,1-3,6-7,10-11H2. The van der Waals surface area contributed by atoms with Crippen LogP contribution in [-0.2, 0) is 0 Å². The first-order valence-corrected chi connectivity index (χ1v) is 7.13. The molecule has 0 atom stereocenters. The molecule has 21 heavy (non-hydrogen) atoms. The largest absolute Gasteiger partial charge is 0.396 e. The van der Waals surface area contributed by atoms with Gasteiger partial charge in [0.05, 0.1) is 23.2 Å². The van der Waals surface area contributed by atoms with Crippen LogP contribution in [0, 0.1) is 26.9 Å². The zero-order chi connectivity index (χ0) is 15.3. The van der Waals surface area contributed by atoms with Crippen LogP contribution >= 0.6 is 0 Å². The Morgan fingerprint density at radius 1 is 1.38 bits per heavy atom. The highest BCUT2D eigenvalue weighted by Crippen LogP contribution is 2.37. The number of rotatable bonds is 5. The van der Waals surface area contributed by atoms with Crippen molar-refractivity contribution in [3.05, 3.63) is 33.9 Å². The molecule has 1 aromatic rings. The SMILES string of the molecule is N#Cc1ccc([N+](=O)[O-])c(NCC2(CO)CCCCC2)c1. The fourth-order valence-electron chi connectivity index (χ4n) is 2.88. The van der Waals surface area contributed by atoms with E-state index in [1.54, 1.807) is 0 Å². The second-order valence-electron chi connectivity index (χ2n) is 5.67. The van der Waals surface area contributed by atoms with Crippen LogP contribution in [0.5, 0.6) is 0 Å². The van der Waals surface area contributed by atoms with Crippen LogP contribution in [-0.4, -0.2) is 23.2 Å². The fourth-order valence-corrected chi connectivity index (χ4v) is 2.88. The van der Waals surface area contributed by atoms with E-state index in [1.807, 2.05) is 6.07 Å². The Bertz CT molecular complexity index is 560. The number of hydrogen-bond donors (Lipinski definition) is 2. The summed E-state index contributed by atoms with van der Waals surface area (Å²) in [6, 6.07) is 6.25. The molecule has 2 N–H and O–H groups in total. The molecule has 0 unspecified atom stereocenters. The molecule has 6 nitrogen and oxygen atoms in total. The summed E-state index contributed by atoms with van der Waals surface area (Å²) < 4.78 is 0. The summed E-state index contributed by atoms with van der Waals surface area (Å²) in [6.07, 6.45) is 5.15. The fraction of sp³-hybridized carbons (Fsp3) is 0.533. The molecule has 1 aliphatic rings. The molecule has 112 valence electrons. The normalized spacial score (nSPS) is 17.0. The lowest BCUT2D eigenvalue weighted by Gasteiger charge is -2.35. The maximum absolute atomic E-state index is 11.1. The number of nitrogens with zero attached hydrogens (tertiary/aromatic N) is 2. The summed E-state index contributed by atoms with van der Waals surface area (Å²) >= 11 is 0. The van der Waals surface area contributed by atoms with Gasteiger partial charge in [-0.3, -0.25) is 10.1 Å². The van der Waals surface area contributed by atoms with Gasteiger partial charge in [0.1, 0.15) is 5.69 Å². The number of benzene rings is 1. The van der Waals surface area contributed by atoms with Gasteiger partial charge in [-0.2, -0.15) is 5.26 Å². The highest BCUT2D eigenvalue weighted by atomic mass is 16.6. The van der Waals surface area contributed by atoms with E-state index < -0.39 is 4.92 Å². The van der Waals surface area contributed by atoms with Crippen molar-refractivity contribution in [3.63, 3.8) is 0 Å². The van der Waals surface area contributed by atoms with E-state index in [9.17, 15) is 15.2 Å². The molecule has 1 aliphatic carbocycles. The van der Waals surface area contributed by atoms with Crippen molar-refractivity contribution in [2.75, 3.05) is 18.5 Å². The van der Waals surface area contributed by atoms with Gasteiger partial charge in [-0.05, 0) is 25.0 Å². The van der Waals surface area contributed by atoms with E-state index in [1.165, 1.54) is 24.6 Å². The molecular formula is C15H19N3O3. The summed E-state index contributed by atoms with van der Waals surface area (Å²) in [5.74, 6) is 0. The first-order chi connectivity index (χ1) is 10.1. The van der Waals surface area contributed by atoms with Crippen molar-refractivity contribution in [3.8, 4) is 6.07 Å². The summed E-state index contributed by atoms with van der Waals surface area (Å²) in [6.45, 7) is 0.560. The third kappa shape index (κ3) is 3.50. The molecule has 0 radical (unpaired) electrons. The third-order valence-corrected chi connectivity index (χ3v) is 4.23. The second-order valence-corrected chi connectivity index (χ2v) is 5.67. The van der Waals surface area contributed by atoms with Crippen molar-refractivity contribution in [1.29, 1.82) is 5.26 Å². The minimum absolute atomic E-state index is 0.0436. The molecule has 1 saturated carbocycles. The van der Waals surface area contributed by atoms with Crippen LogP contribution in [0.2, 0.25) is 0 Å². The van der Waals surface area contributed by atoms with Crippen LogP contribution in [0.3, 0.4) is 0 Å². The lowest BCUT2D eigenvalue weighted by molar-refractivity contribution is -0.384. The Hall–Kier alpha value is -2.13. The van der Waals surface area contributed by atoms with Crippen molar-refractivity contribution < 1.29 is 10.0 Å². The molecule has 1 aromatic carbocycles. The predicted octanol–water partition coefficient (Wildman–Crippen LogP) is 2.82. The average Bonchev–Trinajstić information content (AvgIpc) is 2.53. The van der Waals surface area contributed by atoms with Crippen LogP contribution < -0.4 is 5.32 Å². The first kappa shape index (κ1) is 15.3. The first-order valence-electron chi connectivity index (χ1n) is 7.13. The highest BCUT2D eigenvalue weighted by molar-refractivity contribution is 5.64. The highest BCUT2D eigenvalue weighted by Gasteiger charge is 2.31. The lowest BCUT2D eigenvalue weighted by atomic mass is 9.74. The number of anilines is 1. The van der Waals surface area contributed by atoms with Gasteiger partial charge in [0, 0.05) is 18.0 Å². The number of nitro benzene ring substituents is 1. The molecule has 6 heteroatoms. The lowest BCUT2D eigenvalue weighted by Crippen LogP contribution is -2.35. The third-order valence-electron chi connectivity index (χ3n) is 4.23. The van der Waals surface area contributed by atoms with Gasteiger partial charge < -0.3 is 10.4 Å². The number of nitrogens with one attached hydrogen (secondary N) is 1. The monoisotopic (exact) mass is 289 g/mol. The number of aliphatic hydroxyl groups excluding tert-OH is 1. The van der Waals surface area contributed by atoms with Gasteiger partial charge in [-0.1, -0.05) is 19.3 Å². The Labute approximate surface area is 123 Å². The number of aliphatic hydroxyl groups is 1. The van der Waals surface area contributed by atoms with Gasteiger partial charge in [0.25, 0.3) is 5.69 Å². The predicted molar refractivity (Wildman–Crippen MR) is 78.9 cm³/mol. The molecule has 0 aliphatic heterocycles. The Balaban J connectivity index is 2.18. The van der Waals surface area contributed by atoms with Gasteiger partial charge >= 0.3 is 0 Å². The molecule has 0 saturated heterocycles. The van der Waals surface area contributed by atoms with E-state index in [4.69, 9.17) is 5.26 Å². The van der Waals surface area contributed by atoms with Crippen molar-refractivity contribution in [2.24, 2.45) is 5.41 Å². The Kier molecular flexibility index (Phi) is 4.76. The van der Waals surface area contributed by atoms with E-state index >= 15 is 0 Å². The number of hydrogen-bond acceptors (Lipinski definition) is 5. The van der Waals surface area contributed by atoms with E-state index in [0.717, 1.165) is 25.7 Å². The zero-order valence-electron chi connectivity index (χ0n) is 11.8. The molecule has 0 aromatic heterocycles. The van der Waals surface area contributed by atoms with Crippen molar-refractivity contribution >= 4 is 11.4 Å². The molecular weight excluding hydrogens is 270 g/mol. The van der Waals surface area contributed by atoms with Crippen LogP contribution in [0.4, 0.5) is 11.4 Å². The molecule has 0 bridgehead atoms. The maximum Gasteiger partial charge on any atom is 0.292 e. The van der Waals surface area contributed by atoms with E-state index in [0.29, 0.717) is 17.8 Å². The Morgan fingerprint density at radius 3 is 2.67 bits per heavy atom. The minimum Gasteiger partial charge on any atom is -0.396 e. The van der Waals surface area contributed by atoms with Crippen molar-refractivity contribution in [2.45, 2.75) is 32.1 Å². The van der Waals surface area contributed by atoms with Crippen LogP contribution in [0.1, 0.15) is 37.7 Å². The second kappa shape index (κ2) is 6.55. The van der Waals surface area contributed by atoms with Gasteiger partial charge in [-0.15, -0.1) is 0 Å². The molecule has 1 fully saturated rings. The molecule has 2 rings (SSSR count). The maximum atomic E-state index is 11.1. The minimum atomic E-state index is -0.462. The summed E-state index contributed by atoms with van der Waals surface area (Å²) in [4.78, 5) is 10.6. The Morgan fingerprint density at radius 2 is 2.10 bits per heavy atom. The quantitative estimate of drug-likeness (QED) is 0.641. The van der Waals surface area contributed by atoms with E-state index in [2.05, 4.69) is 5.32 Å². The molecule has 0 heterocycles. The molecule has 0 amide bonds.